The molecule has 1 heterocycles. The van der Waals surface area contributed by atoms with Gasteiger partial charge in [-0.25, -0.2) is 4.79 Å². The Morgan fingerprint density at radius 2 is 1.62 bits per heavy atom. The molecule has 4 rings (SSSR count). The zero-order valence-electron chi connectivity index (χ0n) is 27.9. The van der Waals surface area contributed by atoms with Crippen LogP contribution in [0.15, 0.2) is 42.5 Å². The molecule has 1 saturated carbocycles. The van der Waals surface area contributed by atoms with Crippen molar-refractivity contribution in [2.45, 2.75) is 103 Å². The molecule has 13 heteroatoms. The molecule has 48 heavy (non-hydrogen) atoms. The molecular formula is C35H46N4O9. The predicted molar refractivity (Wildman–Crippen MR) is 175 cm³/mol. The third-order valence-corrected chi connectivity index (χ3v) is 9.33. The molecule has 1 saturated heterocycles. The van der Waals surface area contributed by atoms with Crippen LogP contribution in [0.5, 0.6) is 0 Å². The summed E-state index contributed by atoms with van der Waals surface area (Å²) in [6.45, 7) is 7.37. The molecule has 0 radical (unpaired) electrons. The SMILES string of the molecule is CCC(C)C(NC(=O)CCC(=O)O)C(=O)N[C@H](C(=O)N1CC(OCc2cccc3ccccc23)CC1C(=O)NC1(C(=O)O)CC1)C(C)C. The topological polar surface area (TPSA) is 191 Å². The van der Waals surface area contributed by atoms with Gasteiger partial charge in [0.05, 0.1) is 19.1 Å². The number of likely N-dealkylation sites (tertiary alicyclic amines) is 1. The van der Waals surface area contributed by atoms with Gasteiger partial charge < -0.3 is 35.8 Å². The number of ether oxygens (including phenoxy) is 1. The molecule has 0 bridgehead atoms. The van der Waals surface area contributed by atoms with E-state index in [0.717, 1.165) is 16.3 Å². The number of aliphatic carboxylic acids is 2. The molecule has 2 aliphatic rings. The fourth-order valence-electron chi connectivity index (χ4n) is 5.98. The highest BCUT2D eigenvalue weighted by molar-refractivity contribution is 5.97. The maximum Gasteiger partial charge on any atom is 0.329 e. The van der Waals surface area contributed by atoms with Gasteiger partial charge >= 0.3 is 11.9 Å². The first-order chi connectivity index (χ1) is 22.8. The highest BCUT2D eigenvalue weighted by atomic mass is 16.5. The number of carbonyl (C=O) groups is 6. The Hall–Kier alpha value is -4.52. The van der Waals surface area contributed by atoms with Gasteiger partial charge in [0.15, 0.2) is 0 Å². The van der Waals surface area contributed by atoms with E-state index >= 15 is 0 Å². The Morgan fingerprint density at radius 1 is 0.938 bits per heavy atom. The van der Waals surface area contributed by atoms with Gasteiger partial charge in [-0.1, -0.05) is 76.6 Å². The minimum absolute atomic E-state index is 0.0432. The lowest BCUT2D eigenvalue weighted by molar-refractivity contribution is -0.146. The number of nitrogens with zero attached hydrogens (tertiary/aromatic N) is 1. The van der Waals surface area contributed by atoms with Gasteiger partial charge in [0, 0.05) is 19.4 Å². The lowest BCUT2D eigenvalue weighted by Crippen LogP contribution is -2.60. The van der Waals surface area contributed by atoms with Gasteiger partial charge in [-0.3, -0.25) is 24.0 Å². The number of carboxylic acids is 2. The van der Waals surface area contributed by atoms with Gasteiger partial charge in [-0.2, -0.15) is 0 Å². The van der Waals surface area contributed by atoms with E-state index in [0.29, 0.717) is 6.42 Å². The zero-order chi connectivity index (χ0) is 35.2. The molecule has 4 amide bonds. The van der Waals surface area contributed by atoms with Crippen molar-refractivity contribution in [1.82, 2.24) is 20.9 Å². The number of benzene rings is 2. The smallest absolute Gasteiger partial charge is 0.329 e. The number of fused-ring (bicyclic) bond motifs is 1. The van der Waals surface area contributed by atoms with Crippen LogP contribution in [0, 0.1) is 11.8 Å². The highest BCUT2D eigenvalue weighted by Crippen LogP contribution is 2.36. The number of carbonyl (C=O) groups excluding carboxylic acids is 4. The molecule has 1 aliphatic heterocycles. The quantitative estimate of drug-likeness (QED) is 0.179. The average molecular weight is 667 g/mol. The standard InChI is InChI=1S/C35H46N4O9/c1-5-21(4)30(36-27(40)13-14-28(41)42)32(44)37-29(20(2)3)33(45)39-18-24(17-26(39)31(43)38-35(15-16-35)34(46)47)48-19-23-11-8-10-22-9-6-7-12-25(22)23/h6-12,20-21,24,26,29-30H,5,13-19H2,1-4H3,(H,36,40)(H,37,44)(H,38,43)(H,41,42)(H,46,47)/t21?,24?,26?,29-,30?/m0/s1. The Balaban J connectivity index is 1.53. The van der Waals surface area contributed by atoms with Crippen LogP contribution in [0.4, 0.5) is 0 Å². The van der Waals surface area contributed by atoms with Gasteiger partial charge in [0.2, 0.25) is 23.6 Å². The minimum Gasteiger partial charge on any atom is -0.481 e. The number of amides is 4. The van der Waals surface area contributed by atoms with Gasteiger partial charge in [-0.15, -0.1) is 0 Å². The van der Waals surface area contributed by atoms with Crippen molar-refractivity contribution >= 4 is 46.3 Å². The second-order valence-corrected chi connectivity index (χ2v) is 13.2. The highest BCUT2D eigenvalue weighted by Gasteiger charge is 2.54. The first kappa shape index (κ1) is 36.3. The summed E-state index contributed by atoms with van der Waals surface area (Å²) in [6, 6.07) is 10.6. The van der Waals surface area contributed by atoms with Crippen molar-refractivity contribution in [1.29, 1.82) is 0 Å². The number of hydrogen-bond acceptors (Lipinski definition) is 7. The number of rotatable bonds is 16. The van der Waals surface area contributed by atoms with Crippen molar-refractivity contribution in [3.8, 4) is 0 Å². The summed E-state index contributed by atoms with van der Waals surface area (Å²) in [5.74, 6) is -5.36. The van der Waals surface area contributed by atoms with Crippen LogP contribution < -0.4 is 16.0 Å². The fourth-order valence-corrected chi connectivity index (χ4v) is 5.98. The maximum absolute atomic E-state index is 14.2. The Kier molecular flexibility index (Phi) is 11.8. The largest absolute Gasteiger partial charge is 0.481 e. The van der Waals surface area contributed by atoms with Crippen LogP contribution in [-0.4, -0.2) is 87.0 Å². The van der Waals surface area contributed by atoms with E-state index in [-0.39, 0.29) is 51.2 Å². The van der Waals surface area contributed by atoms with E-state index in [1.54, 1.807) is 20.8 Å². The Labute approximate surface area is 279 Å². The average Bonchev–Trinajstić information content (AvgIpc) is 3.72. The maximum atomic E-state index is 14.2. The second kappa shape index (κ2) is 15.6. The second-order valence-electron chi connectivity index (χ2n) is 13.2. The van der Waals surface area contributed by atoms with E-state index in [1.165, 1.54) is 4.90 Å². The molecule has 0 aromatic heterocycles. The first-order valence-corrected chi connectivity index (χ1v) is 16.5. The van der Waals surface area contributed by atoms with Crippen molar-refractivity contribution < 1.29 is 43.7 Å². The molecule has 2 fully saturated rings. The Morgan fingerprint density at radius 3 is 2.25 bits per heavy atom. The van der Waals surface area contributed by atoms with Gasteiger partial charge in [0.25, 0.3) is 0 Å². The molecule has 2 aromatic rings. The van der Waals surface area contributed by atoms with Crippen LogP contribution in [0.1, 0.15) is 71.8 Å². The Bertz CT molecular complexity index is 1530. The summed E-state index contributed by atoms with van der Waals surface area (Å²) in [5, 5.41) is 28.7. The van der Waals surface area contributed by atoms with Crippen LogP contribution in [0.2, 0.25) is 0 Å². The molecule has 260 valence electrons. The van der Waals surface area contributed by atoms with E-state index in [2.05, 4.69) is 16.0 Å². The summed E-state index contributed by atoms with van der Waals surface area (Å²) in [4.78, 5) is 78.0. The summed E-state index contributed by atoms with van der Waals surface area (Å²) >= 11 is 0. The zero-order valence-corrected chi connectivity index (χ0v) is 27.9. The van der Waals surface area contributed by atoms with Crippen LogP contribution in [-0.2, 0) is 40.1 Å². The normalized spacial score (nSPS) is 20.1. The molecule has 1 aliphatic carbocycles. The number of carboxylic acid groups (broad SMARTS) is 2. The molecular weight excluding hydrogens is 620 g/mol. The van der Waals surface area contributed by atoms with Crippen molar-refractivity contribution in [2.24, 2.45) is 11.8 Å². The molecule has 2 aromatic carbocycles. The summed E-state index contributed by atoms with van der Waals surface area (Å²) < 4.78 is 6.27. The van der Waals surface area contributed by atoms with E-state index in [1.807, 2.05) is 49.4 Å². The lowest BCUT2D eigenvalue weighted by Gasteiger charge is -2.32. The van der Waals surface area contributed by atoms with Crippen LogP contribution >= 0.6 is 0 Å². The molecule has 5 N–H and O–H groups in total. The van der Waals surface area contributed by atoms with Crippen LogP contribution in [0.3, 0.4) is 0 Å². The van der Waals surface area contributed by atoms with Gasteiger partial charge in [0.1, 0.15) is 23.7 Å². The lowest BCUT2D eigenvalue weighted by atomic mass is 9.96. The molecule has 4 unspecified atom stereocenters. The van der Waals surface area contributed by atoms with Crippen LogP contribution in [0.25, 0.3) is 10.8 Å². The summed E-state index contributed by atoms with van der Waals surface area (Å²) in [6.07, 6.45) is -0.0120. The van der Waals surface area contributed by atoms with Crippen molar-refractivity contribution in [2.75, 3.05) is 6.54 Å². The summed E-state index contributed by atoms with van der Waals surface area (Å²) in [5.41, 5.74) is -0.419. The molecule has 13 nitrogen and oxygen atoms in total. The van der Waals surface area contributed by atoms with E-state index in [4.69, 9.17) is 9.84 Å². The fraction of sp³-hybridized carbons (Fsp3) is 0.543. The molecule has 0 spiro atoms. The van der Waals surface area contributed by atoms with E-state index < -0.39 is 71.3 Å². The monoisotopic (exact) mass is 666 g/mol. The van der Waals surface area contributed by atoms with Gasteiger partial charge in [-0.05, 0) is 41.0 Å². The van der Waals surface area contributed by atoms with E-state index in [9.17, 15) is 33.9 Å². The first-order valence-electron chi connectivity index (χ1n) is 16.5. The third-order valence-electron chi connectivity index (χ3n) is 9.33. The van der Waals surface area contributed by atoms with Crippen molar-refractivity contribution in [3.63, 3.8) is 0 Å². The van der Waals surface area contributed by atoms with Crippen molar-refractivity contribution in [3.05, 3.63) is 48.0 Å². The number of nitrogens with one attached hydrogen (secondary N) is 3. The third kappa shape index (κ3) is 8.68. The summed E-state index contributed by atoms with van der Waals surface area (Å²) in [7, 11) is 0. The molecule has 5 atom stereocenters. The predicted octanol–water partition coefficient (Wildman–Crippen LogP) is 2.60. The number of hydrogen-bond donors (Lipinski definition) is 5. The minimum atomic E-state index is -1.36.